The van der Waals surface area contributed by atoms with E-state index in [0.29, 0.717) is 13.2 Å². The second-order valence-corrected chi connectivity index (χ2v) is 7.87. The molecule has 0 bridgehead atoms. The first kappa shape index (κ1) is 20.8. The number of ether oxygens (including phenoxy) is 2. The molecule has 1 amide bonds. The van der Waals surface area contributed by atoms with Gasteiger partial charge in [0.15, 0.2) is 6.10 Å². The number of nitrogens with one attached hydrogen (secondary N) is 1. The molecule has 0 aromatic heterocycles. The second kappa shape index (κ2) is 8.94. The number of aryl methyl sites for hydroxylation is 1. The van der Waals surface area contributed by atoms with Gasteiger partial charge in [0, 0.05) is 0 Å². The highest BCUT2D eigenvalue weighted by atomic mass is 16.5. The van der Waals surface area contributed by atoms with Gasteiger partial charge in [-0.2, -0.15) is 0 Å². The van der Waals surface area contributed by atoms with Crippen LogP contribution in [0.1, 0.15) is 44.4 Å². The van der Waals surface area contributed by atoms with E-state index in [4.69, 9.17) is 9.47 Å². The van der Waals surface area contributed by atoms with E-state index in [-0.39, 0.29) is 11.3 Å². The quantitative estimate of drug-likeness (QED) is 0.728. The Hall–Kier alpha value is -2.49. The summed E-state index contributed by atoms with van der Waals surface area (Å²) < 4.78 is 11.5. The molecule has 4 nitrogen and oxygen atoms in total. The van der Waals surface area contributed by atoms with Crippen molar-refractivity contribution in [3.05, 3.63) is 59.2 Å². The lowest BCUT2D eigenvalue weighted by Crippen LogP contribution is -2.38. The molecular weight excluding hydrogens is 338 g/mol. The number of hydrogen-bond acceptors (Lipinski definition) is 3. The minimum Gasteiger partial charge on any atom is -0.492 e. The molecule has 2 aromatic carbocycles. The highest BCUT2D eigenvalue weighted by Crippen LogP contribution is 2.24. The van der Waals surface area contributed by atoms with Crippen molar-refractivity contribution in [2.45, 2.75) is 53.1 Å². The first-order valence-corrected chi connectivity index (χ1v) is 9.42. The van der Waals surface area contributed by atoms with Crippen molar-refractivity contribution in [1.29, 1.82) is 0 Å². The largest absolute Gasteiger partial charge is 0.492 e. The second-order valence-electron chi connectivity index (χ2n) is 7.87. The molecule has 0 fully saturated rings. The van der Waals surface area contributed by atoms with Crippen LogP contribution in [0.5, 0.6) is 11.5 Å². The van der Waals surface area contributed by atoms with Crippen LogP contribution in [0.15, 0.2) is 42.5 Å². The van der Waals surface area contributed by atoms with Crippen molar-refractivity contribution < 1.29 is 14.3 Å². The van der Waals surface area contributed by atoms with E-state index in [9.17, 15) is 4.79 Å². The van der Waals surface area contributed by atoms with E-state index in [0.717, 1.165) is 22.6 Å². The lowest BCUT2D eigenvalue weighted by molar-refractivity contribution is -0.127. The Bertz CT molecular complexity index is 760. The lowest BCUT2D eigenvalue weighted by atomic mass is 9.87. The first-order chi connectivity index (χ1) is 12.7. The molecule has 0 aliphatic carbocycles. The minimum atomic E-state index is -0.559. The maximum atomic E-state index is 12.2. The summed E-state index contributed by atoms with van der Waals surface area (Å²) in [7, 11) is 0. The van der Waals surface area contributed by atoms with Gasteiger partial charge in [-0.15, -0.1) is 0 Å². The van der Waals surface area contributed by atoms with Gasteiger partial charge in [-0.3, -0.25) is 4.79 Å². The molecule has 4 heteroatoms. The lowest BCUT2D eigenvalue weighted by Gasteiger charge is -2.19. The number of benzene rings is 2. The molecule has 0 saturated heterocycles. The third-order valence-electron chi connectivity index (χ3n) is 4.62. The van der Waals surface area contributed by atoms with E-state index < -0.39 is 6.10 Å². The molecule has 1 atom stereocenters. The summed E-state index contributed by atoms with van der Waals surface area (Å²) in [6.07, 6.45) is -0.559. The molecule has 1 N–H and O–H groups in total. The number of carbonyl (C=O) groups excluding carboxylic acids is 1. The topological polar surface area (TPSA) is 47.6 Å². The van der Waals surface area contributed by atoms with Crippen molar-refractivity contribution in [2.75, 3.05) is 13.2 Å². The molecule has 0 aliphatic heterocycles. The molecule has 0 aliphatic rings. The van der Waals surface area contributed by atoms with Crippen LogP contribution in [-0.2, 0) is 10.2 Å². The van der Waals surface area contributed by atoms with Gasteiger partial charge >= 0.3 is 0 Å². The normalized spacial score (nSPS) is 12.4. The zero-order chi connectivity index (χ0) is 20.0. The van der Waals surface area contributed by atoms with E-state index in [1.54, 1.807) is 6.92 Å². The van der Waals surface area contributed by atoms with Crippen LogP contribution >= 0.6 is 0 Å². The van der Waals surface area contributed by atoms with Crippen LogP contribution in [0.4, 0.5) is 0 Å². The summed E-state index contributed by atoms with van der Waals surface area (Å²) in [5.41, 5.74) is 3.59. The fraction of sp³-hybridized carbons (Fsp3) is 0.435. The maximum absolute atomic E-state index is 12.2. The molecule has 0 radical (unpaired) electrons. The smallest absolute Gasteiger partial charge is 0.260 e. The van der Waals surface area contributed by atoms with E-state index in [1.807, 2.05) is 44.2 Å². The number of hydrogen-bond donors (Lipinski definition) is 1. The van der Waals surface area contributed by atoms with Crippen LogP contribution in [0.2, 0.25) is 0 Å². The Labute approximate surface area is 162 Å². The van der Waals surface area contributed by atoms with Gasteiger partial charge in [-0.25, -0.2) is 0 Å². The van der Waals surface area contributed by atoms with E-state index in [2.05, 4.69) is 38.2 Å². The van der Waals surface area contributed by atoms with Crippen LogP contribution < -0.4 is 14.8 Å². The summed E-state index contributed by atoms with van der Waals surface area (Å²) in [6, 6.07) is 13.9. The summed E-state index contributed by atoms with van der Waals surface area (Å²) >= 11 is 0. The van der Waals surface area contributed by atoms with Gasteiger partial charge < -0.3 is 14.8 Å². The van der Waals surface area contributed by atoms with E-state index >= 15 is 0 Å². The Kier molecular flexibility index (Phi) is 6.89. The molecule has 146 valence electrons. The predicted octanol–water partition coefficient (Wildman–Crippen LogP) is 4.56. The maximum Gasteiger partial charge on any atom is 0.260 e. The Morgan fingerprint density at radius 2 is 1.74 bits per heavy atom. The zero-order valence-electron chi connectivity index (χ0n) is 17.3. The third kappa shape index (κ3) is 6.02. The van der Waals surface area contributed by atoms with Crippen molar-refractivity contribution in [1.82, 2.24) is 5.32 Å². The summed E-state index contributed by atoms with van der Waals surface area (Å²) in [4.78, 5) is 12.2. The van der Waals surface area contributed by atoms with Crippen molar-refractivity contribution in [3.63, 3.8) is 0 Å². The van der Waals surface area contributed by atoms with Gasteiger partial charge in [0.1, 0.15) is 18.1 Å². The highest BCUT2D eigenvalue weighted by molar-refractivity contribution is 5.80. The van der Waals surface area contributed by atoms with E-state index in [1.165, 1.54) is 5.56 Å². The first-order valence-electron chi connectivity index (χ1n) is 9.42. The third-order valence-corrected chi connectivity index (χ3v) is 4.62. The Balaban J connectivity index is 1.76. The Morgan fingerprint density at radius 3 is 2.37 bits per heavy atom. The minimum absolute atomic E-state index is 0.123. The number of carbonyl (C=O) groups is 1. The average molecular weight is 370 g/mol. The van der Waals surface area contributed by atoms with Gasteiger partial charge in [0.2, 0.25) is 0 Å². The van der Waals surface area contributed by atoms with Gasteiger partial charge in [0.05, 0.1) is 6.54 Å². The monoisotopic (exact) mass is 369 g/mol. The molecule has 2 rings (SSSR count). The molecular formula is C23H31NO3. The average Bonchev–Trinajstić information content (AvgIpc) is 2.62. The summed E-state index contributed by atoms with van der Waals surface area (Å²) in [6.45, 7) is 13.2. The van der Waals surface area contributed by atoms with Gasteiger partial charge in [-0.1, -0.05) is 45.0 Å². The fourth-order valence-electron chi connectivity index (χ4n) is 2.63. The molecule has 27 heavy (non-hydrogen) atoms. The van der Waals surface area contributed by atoms with Gasteiger partial charge in [-0.05, 0) is 61.1 Å². The highest BCUT2D eigenvalue weighted by Gasteiger charge is 2.16. The van der Waals surface area contributed by atoms with Gasteiger partial charge in [0.25, 0.3) is 5.91 Å². The molecule has 0 spiro atoms. The number of amides is 1. The van der Waals surface area contributed by atoms with Crippen LogP contribution in [0, 0.1) is 13.8 Å². The molecule has 0 saturated carbocycles. The summed E-state index contributed by atoms with van der Waals surface area (Å²) in [5, 5.41) is 2.85. The SMILES string of the molecule is Cc1cccc(O[C@H](C)C(=O)NCCOc2ccc(C(C)(C)C)cc2)c1C. The van der Waals surface area contributed by atoms with Crippen LogP contribution in [0.25, 0.3) is 0 Å². The van der Waals surface area contributed by atoms with Crippen molar-refractivity contribution in [2.24, 2.45) is 0 Å². The fourth-order valence-corrected chi connectivity index (χ4v) is 2.63. The number of rotatable bonds is 7. The molecule has 0 heterocycles. The molecule has 0 unspecified atom stereocenters. The summed E-state index contributed by atoms with van der Waals surface area (Å²) in [5.74, 6) is 1.40. The predicted molar refractivity (Wildman–Crippen MR) is 110 cm³/mol. The van der Waals surface area contributed by atoms with Crippen molar-refractivity contribution in [3.8, 4) is 11.5 Å². The standard InChI is InChI=1S/C23H31NO3/c1-16-8-7-9-21(17(16)2)27-18(3)22(25)24-14-15-26-20-12-10-19(11-13-20)23(4,5)6/h7-13,18H,14-15H2,1-6H3,(H,24,25)/t18-/m1/s1. The zero-order valence-corrected chi connectivity index (χ0v) is 17.3. The van der Waals surface area contributed by atoms with Crippen LogP contribution in [0.3, 0.4) is 0 Å². The Morgan fingerprint density at radius 1 is 1.07 bits per heavy atom. The van der Waals surface area contributed by atoms with Crippen molar-refractivity contribution >= 4 is 5.91 Å². The van der Waals surface area contributed by atoms with Crippen LogP contribution in [-0.4, -0.2) is 25.2 Å². The molecule has 2 aromatic rings.